The smallest absolute Gasteiger partial charge is 0.358 e. The summed E-state index contributed by atoms with van der Waals surface area (Å²) in [4.78, 5) is 41.5. The maximum atomic E-state index is 12.0. The molecule has 3 rings (SSSR count). The molecule has 0 radical (unpaired) electrons. The molecule has 0 unspecified atom stereocenters. The second-order valence-corrected chi connectivity index (χ2v) is 5.40. The van der Waals surface area contributed by atoms with Crippen LogP contribution in [0.25, 0.3) is 0 Å². The van der Waals surface area contributed by atoms with E-state index in [1.165, 1.54) is 23.1 Å². The highest BCUT2D eigenvalue weighted by Gasteiger charge is 2.17. The highest BCUT2D eigenvalue weighted by molar-refractivity contribution is 5.93. The number of nitro groups is 1. The fourth-order valence-corrected chi connectivity index (χ4v) is 2.12. The molecule has 3 aromatic rings. The molecular weight excluding hydrogens is 372 g/mol. The maximum Gasteiger partial charge on any atom is 0.389 e. The summed E-state index contributed by atoms with van der Waals surface area (Å²) in [7, 11) is 0. The first-order valence-electron chi connectivity index (χ1n) is 8.00. The first-order valence-corrected chi connectivity index (χ1v) is 8.00. The number of hydrogen-bond acceptors (Lipinski definition) is 9. The first-order chi connectivity index (χ1) is 13.5. The van der Waals surface area contributed by atoms with E-state index in [1.54, 1.807) is 18.3 Å². The summed E-state index contributed by atoms with van der Waals surface area (Å²) in [5, 5.41) is 23.1. The highest BCUT2D eigenvalue weighted by Crippen LogP contribution is 2.07. The summed E-state index contributed by atoms with van der Waals surface area (Å²) in [5.41, 5.74) is 0.411. The third-order valence-electron chi connectivity index (χ3n) is 3.40. The van der Waals surface area contributed by atoms with Gasteiger partial charge in [0.25, 0.3) is 5.91 Å². The number of aromatic nitrogens is 5. The highest BCUT2D eigenvalue weighted by atomic mass is 16.6. The molecule has 0 fully saturated rings. The normalized spacial score (nSPS) is 10.4. The minimum Gasteiger partial charge on any atom is -0.358 e. The van der Waals surface area contributed by atoms with Crippen LogP contribution in [0.2, 0.25) is 0 Å². The molecule has 2 amide bonds. The molecule has 13 heteroatoms. The summed E-state index contributed by atoms with van der Waals surface area (Å²) in [6, 6.07) is 4.49. The molecule has 0 aliphatic heterocycles. The molecule has 0 spiro atoms. The summed E-state index contributed by atoms with van der Waals surface area (Å²) >= 11 is 0. The van der Waals surface area contributed by atoms with E-state index in [9.17, 15) is 19.7 Å². The molecule has 2 N–H and O–H groups in total. The van der Waals surface area contributed by atoms with E-state index in [0.717, 1.165) is 0 Å². The van der Waals surface area contributed by atoms with Gasteiger partial charge in [-0.2, -0.15) is 9.67 Å². The Bertz CT molecular complexity index is 983. The van der Waals surface area contributed by atoms with Crippen LogP contribution >= 0.6 is 0 Å². The average molecular weight is 386 g/mol. The molecule has 0 bridgehead atoms. The van der Waals surface area contributed by atoms with Crippen molar-refractivity contribution in [1.82, 2.24) is 35.5 Å². The van der Waals surface area contributed by atoms with Gasteiger partial charge in [0.2, 0.25) is 0 Å². The number of carbonyl (C=O) groups is 2. The number of hydrogen-bond donors (Lipinski definition) is 2. The van der Waals surface area contributed by atoms with Crippen molar-refractivity contribution in [2.45, 2.75) is 6.54 Å². The number of nitrogens with zero attached hydrogens (tertiary/aromatic N) is 6. The zero-order valence-electron chi connectivity index (χ0n) is 14.3. The van der Waals surface area contributed by atoms with Gasteiger partial charge < -0.3 is 25.3 Å². The molecule has 0 saturated carbocycles. The van der Waals surface area contributed by atoms with Crippen LogP contribution in [0.4, 0.5) is 5.82 Å². The Kier molecular flexibility index (Phi) is 5.64. The summed E-state index contributed by atoms with van der Waals surface area (Å²) < 4.78 is 6.11. The molecular formula is C15H14N8O5. The Balaban J connectivity index is 1.45. The Morgan fingerprint density at radius 2 is 2.00 bits per heavy atom. The van der Waals surface area contributed by atoms with Gasteiger partial charge in [-0.25, -0.2) is 0 Å². The topological polar surface area (TPSA) is 171 Å². The van der Waals surface area contributed by atoms with Crippen LogP contribution in [0.15, 0.2) is 41.3 Å². The van der Waals surface area contributed by atoms with Crippen molar-refractivity contribution in [2.75, 3.05) is 13.1 Å². The van der Waals surface area contributed by atoms with Crippen molar-refractivity contribution < 1.29 is 19.0 Å². The van der Waals surface area contributed by atoms with Crippen molar-refractivity contribution in [3.63, 3.8) is 0 Å². The van der Waals surface area contributed by atoms with Gasteiger partial charge in [0.1, 0.15) is 6.54 Å². The minimum absolute atomic E-state index is 0.00574. The van der Waals surface area contributed by atoms with Gasteiger partial charge in [-0.15, -0.1) is 0 Å². The summed E-state index contributed by atoms with van der Waals surface area (Å²) in [6.45, 7) is 0.344. The van der Waals surface area contributed by atoms with Gasteiger partial charge in [0.15, 0.2) is 5.82 Å². The Morgan fingerprint density at radius 1 is 1.21 bits per heavy atom. The van der Waals surface area contributed by atoms with Gasteiger partial charge in [-0.05, 0) is 17.1 Å². The quantitative estimate of drug-likeness (QED) is 0.301. The van der Waals surface area contributed by atoms with Crippen LogP contribution in [-0.2, 0) is 6.54 Å². The predicted molar refractivity (Wildman–Crippen MR) is 91.2 cm³/mol. The van der Waals surface area contributed by atoms with Crippen LogP contribution in [0.3, 0.4) is 0 Å². The van der Waals surface area contributed by atoms with E-state index >= 15 is 0 Å². The van der Waals surface area contributed by atoms with Gasteiger partial charge in [0.05, 0.1) is 22.9 Å². The van der Waals surface area contributed by atoms with E-state index in [4.69, 9.17) is 4.52 Å². The van der Waals surface area contributed by atoms with Crippen LogP contribution in [-0.4, -0.2) is 54.7 Å². The number of carbonyl (C=O) groups excluding carboxylic acids is 2. The molecule has 3 heterocycles. The van der Waals surface area contributed by atoms with Crippen molar-refractivity contribution in [3.8, 4) is 0 Å². The largest absolute Gasteiger partial charge is 0.389 e. The molecule has 28 heavy (non-hydrogen) atoms. The molecule has 0 saturated heterocycles. The number of pyridine rings is 1. The molecule has 0 aliphatic carbocycles. The fourth-order valence-electron chi connectivity index (χ4n) is 2.12. The lowest BCUT2D eigenvalue weighted by Crippen LogP contribution is -2.34. The van der Waals surface area contributed by atoms with E-state index in [-0.39, 0.29) is 43.1 Å². The Hall–Kier alpha value is -4.16. The second-order valence-electron chi connectivity index (χ2n) is 5.40. The minimum atomic E-state index is -0.626. The standard InChI is InChI=1S/C15H14N8O5/c24-13(10-2-1-4-16-8-10)17-5-6-18-14(25)15-19-11(21-28-15)9-22-7-3-12(20-22)23(26)27/h1-4,7-8H,5-6,9H2,(H,17,24)(H,18,25). The molecule has 13 nitrogen and oxygen atoms in total. The van der Waals surface area contributed by atoms with E-state index in [0.29, 0.717) is 5.56 Å². The molecule has 0 aromatic carbocycles. The van der Waals surface area contributed by atoms with Crippen molar-refractivity contribution >= 4 is 17.6 Å². The zero-order valence-corrected chi connectivity index (χ0v) is 14.3. The molecule has 3 aromatic heterocycles. The third-order valence-corrected chi connectivity index (χ3v) is 3.40. The van der Waals surface area contributed by atoms with E-state index in [1.807, 2.05) is 0 Å². The SMILES string of the molecule is O=C(NCCNC(=O)c1nc(Cn2ccc([N+](=O)[O-])n2)no1)c1cccnc1. The fraction of sp³-hybridized carbons (Fsp3) is 0.200. The second kappa shape index (κ2) is 8.48. The number of amides is 2. The van der Waals surface area contributed by atoms with E-state index < -0.39 is 10.8 Å². The van der Waals surface area contributed by atoms with Crippen LogP contribution in [0.1, 0.15) is 26.9 Å². The third kappa shape index (κ3) is 4.72. The molecule has 144 valence electrons. The monoisotopic (exact) mass is 386 g/mol. The summed E-state index contributed by atoms with van der Waals surface area (Å²) in [6.07, 6.45) is 4.38. The maximum absolute atomic E-state index is 12.0. The average Bonchev–Trinajstić information content (AvgIpc) is 3.36. The zero-order chi connectivity index (χ0) is 19.9. The lowest BCUT2D eigenvalue weighted by molar-refractivity contribution is -0.389. The van der Waals surface area contributed by atoms with Crippen molar-refractivity contribution in [1.29, 1.82) is 0 Å². The Morgan fingerprint density at radius 3 is 2.68 bits per heavy atom. The molecule has 0 atom stereocenters. The van der Waals surface area contributed by atoms with Crippen LogP contribution in [0, 0.1) is 10.1 Å². The van der Waals surface area contributed by atoms with Gasteiger partial charge >= 0.3 is 17.6 Å². The predicted octanol–water partition coefficient (Wildman–Crippen LogP) is -0.223. The van der Waals surface area contributed by atoms with Gasteiger partial charge in [0, 0.05) is 25.5 Å². The number of nitrogens with one attached hydrogen (secondary N) is 2. The Labute approximate surface area is 156 Å². The van der Waals surface area contributed by atoms with Gasteiger partial charge in [-0.1, -0.05) is 5.16 Å². The lowest BCUT2D eigenvalue weighted by atomic mass is 10.3. The number of rotatable bonds is 8. The van der Waals surface area contributed by atoms with E-state index in [2.05, 4.69) is 30.9 Å². The van der Waals surface area contributed by atoms with Crippen LogP contribution in [0.5, 0.6) is 0 Å². The first kappa shape index (κ1) is 18.6. The molecule has 0 aliphatic rings. The van der Waals surface area contributed by atoms with Crippen LogP contribution < -0.4 is 10.6 Å². The van der Waals surface area contributed by atoms with Crippen molar-refractivity contribution in [3.05, 3.63) is 64.2 Å². The van der Waals surface area contributed by atoms with Crippen molar-refractivity contribution in [2.24, 2.45) is 0 Å². The van der Waals surface area contributed by atoms with Gasteiger partial charge in [-0.3, -0.25) is 14.6 Å². The summed E-state index contributed by atoms with van der Waals surface area (Å²) in [5.74, 6) is -1.37. The lowest BCUT2D eigenvalue weighted by Gasteiger charge is -2.05.